The van der Waals surface area contributed by atoms with Gasteiger partial charge in [0.05, 0.1) is 17.4 Å². The van der Waals surface area contributed by atoms with E-state index in [1.54, 1.807) is 24.3 Å². The first-order valence-corrected chi connectivity index (χ1v) is 7.78. The van der Waals surface area contributed by atoms with Crippen LogP contribution in [0, 0.1) is 10.1 Å². The Hall–Kier alpha value is -4.01. The minimum atomic E-state index is -0.646. The Balaban J connectivity index is 2.11. The third kappa shape index (κ3) is 3.66. The Morgan fingerprint density at radius 2 is 1.85 bits per heavy atom. The van der Waals surface area contributed by atoms with Gasteiger partial charge in [-0.3, -0.25) is 14.9 Å². The first-order chi connectivity index (χ1) is 12.9. The fraction of sp³-hybridized carbons (Fsp3) is 0.0556. The monoisotopic (exact) mass is 366 g/mol. The summed E-state index contributed by atoms with van der Waals surface area (Å²) >= 11 is 0. The lowest BCUT2D eigenvalue weighted by Gasteiger charge is -2.09. The van der Waals surface area contributed by atoms with Crippen LogP contribution in [0.15, 0.2) is 58.8 Å². The van der Waals surface area contributed by atoms with Crippen LogP contribution in [0.1, 0.15) is 5.56 Å². The summed E-state index contributed by atoms with van der Waals surface area (Å²) in [6.07, 6.45) is -0.0495. The quantitative estimate of drug-likeness (QED) is 0.358. The molecule has 9 nitrogen and oxygen atoms in total. The van der Waals surface area contributed by atoms with Crippen LogP contribution in [-0.2, 0) is 11.2 Å². The number of carbonyl (C=O) groups excluding carboxylic acids is 1. The van der Waals surface area contributed by atoms with Crippen molar-refractivity contribution in [2.75, 3.05) is 0 Å². The number of nitrogens with two attached hydrogens (primary N) is 1. The molecule has 0 saturated carbocycles. The molecule has 0 radical (unpaired) electrons. The van der Waals surface area contributed by atoms with Crippen LogP contribution < -0.4 is 5.73 Å². The van der Waals surface area contributed by atoms with Gasteiger partial charge in [-0.05, 0) is 23.1 Å². The lowest BCUT2D eigenvalue weighted by Crippen LogP contribution is -2.13. The van der Waals surface area contributed by atoms with Crippen LogP contribution >= 0.6 is 0 Å². The van der Waals surface area contributed by atoms with Gasteiger partial charge in [0.1, 0.15) is 22.9 Å². The Morgan fingerprint density at radius 3 is 2.52 bits per heavy atom. The Morgan fingerprint density at radius 1 is 1.07 bits per heavy atom. The molecule has 0 aromatic heterocycles. The fourth-order valence-corrected chi connectivity index (χ4v) is 2.67. The summed E-state index contributed by atoms with van der Waals surface area (Å²) in [5, 5.41) is 39.9. The molecule has 0 atom stereocenters. The van der Waals surface area contributed by atoms with Crippen molar-refractivity contribution in [2.45, 2.75) is 6.42 Å². The number of phenols is 2. The zero-order valence-corrected chi connectivity index (χ0v) is 13.9. The van der Waals surface area contributed by atoms with E-state index in [9.17, 15) is 25.1 Å². The highest BCUT2D eigenvalue weighted by atomic mass is 16.6. The molecule has 3 aromatic rings. The zero-order valence-electron chi connectivity index (χ0n) is 13.9. The van der Waals surface area contributed by atoms with E-state index < -0.39 is 16.6 Å². The normalized spacial score (nSPS) is 11.1. The van der Waals surface area contributed by atoms with Gasteiger partial charge in [0.15, 0.2) is 0 Å². The van der Waals surface area contributed by atoms with Crippen LogP contribution in [0.4, 0.5) is 17.1 Å². The van der Waals surface area contributed by atoms with Crippen molar-refractivity contribution in [1.29, 1.82) is 0 Å². The third-order valence-corrected chi connectivity index (χ3v) is 3.88. The van der Waals surface area contributed by atoms with Gasteiger partial charge in [0, 0.05) is 11.5 Å². The number of primary amides is 1. The second-order valence-electron chi connectivity index (χ2n) is 5.72. The SMILES string of the molecule is NC(=O)Cc1cccc2ccc(O)c(N=Nc3ccc([N+](=O)[O-])cc3O)c12. The standard InChI is InChI=1S/C18H14N4O5/c19-16(25)8-11-3-1-2-10-4-7-14(23)18(17(10)11)21-20-13-6-5-12(22(26)27)9-15(13)24/h1-7,9,23-24H,8H2,(H2,19,25). The van der Waals surface area contributed by atoms with Crippen molar-refractivity contribution in [3.05, 3.63) is 64.2 Å². The number of rotatable bonds is 5. The molecular weight excluding hydrogens is 352 g/mol. The maximum Gasteiger partial charge on any atom is 0.273 e. The molecule has 136 valence electrons. The van der Waals surface area contributed by atoms with Crippen molar-refractivity contribution in [1.82, 2.24) is 0 Å². The average molecular weight is 366 g/mol. The van der Waals surface area contributed by atoms with Gasteiger partial charge < -0.3 is 15.9 Å². The lowest BCUT2D eigenvalue weighted by atomic mass is 10.00. The number of nitro groups is 1. The number of fused-ring (bicyclic) bond motifs is 1. The van der Waals surface area contributed by atoms with Gasteiger partial charge in [-0.2, -0.15) is 0 Å². The molecule has 9 heteroatoms. The largest absolute Gasteiger partial charge is 0.506 e. The van der Waals surface area contributed by atoms with E-state index in [2.05, 4.69) is 10.2 Å². The van der Waals surface area contributed by atoms with Crippen molar-refractivity contribution in [3.63, 3.8) is 0 Å². The van der Waals surface area contributed by atoms with Crippen LogP contribution in [-0.4, -0.2) is 21.0 Å². The minimum absolute atomic E-state index is 0.00983. The van der Waals surface area contributed by atoms with Gasteiger partial charge in [-0.15, -0.1) is 10.2 Å². The highest BCUT2D eigenvalue weighted by Crippen LogP contribution is 2.39. The number of aromatic hydroxyl groups is 2. The van der Waals surface area contributed by atoms with E-state index in [0.29, 0.717) is 16.3 Å². The first-order valence-electron chi connectivity index (χ1n) is 7.78. The van der Waals surface area contributed by atoms with Crippen molar-refractivity contribution < 1.29 is 19.9 Å². The van der Waals surface area contributed by atoms with Gasteiger partial charge in [0.25, 0.3) is 5.69 Å². The number of benzene rings is 3. The predicted molar refractivity (Wildman–Crippen MR) is 97.4 cm³/mol. The smallest absolute Gasteiger partial charge is 0.273 e. The molecule has 0 aliphatic heterocycles. The molecule has 0 aliphatic carbocycles. The van der Waals surface area contributed by atoms with Crippen LogP contribution in [0.25, 0.3) is 10.8 Å². The second-order valence-corrected chi connectivity index (χ2v) is 5.72. The molecule has 0 saturated heterocycles. The summed E-state index contributed by atoms with van der Waals surface area (Å²) < 4.78 is 0. The molecule has 0 unspecified atom stereocenters. The number of amides is 1. The van der Waals surface area contributed by atoms with Crippen molar-refractivity contribution in [3.8, 4) is 11.5 Å². The maximum atomic E-state index is 11.3. The summed E-state index contributed by atoms with van der Waals surface area (Å²) in [4.78, 5) is 21.4. The van der Waals surface area contributed by atoms with Gasteiger partial charge >= 0.3 is 0 Å². The molecule has 27 heavy (non-hydrogen) atoms. The second kappa shape index (κ2) is 7.08. The van der Waals surface area contributed by atoms with Gasteiger partial charge in [-0.25, -0.2) is 0 Å². The third-order valence-electron chi connectivity index (χ3n) is 3.88. The number of hydrogen-bond donors (Lipinski definition) is 3. The molecule has 3 rings (SSSR count). The molecule has 0 fully saturated rings. The summed E-state index contributed by atoms with van der Waals surface area (Å²) in [6.45, 7) is 0. The van der Waals surface area contributed by atoms with E-state index in [0.717, 1.165) is 6.07 Å². The molecule has 0 spiro atoms. The number of non-ortho nitro benzene ring substituents is 1. The van der Waals surface area contributed by atoms with E-state index in [4.69, 9.17) is 5.73 Å². The van der Waals surface area contributed by atoms with Crippen molar-refractivity contribution >= 4 is 33.7 Å². The number of nitrogens with zero attached hydrogens (tertiary/aromatic N) is 3. The summed E-state index contributed by atoms with van der Waals surface area (Å²) in [7, 11) is 0. The number of carbonyl (C=O) groups is 1. The molecule has 1 amide bonds. The Labute approximate surface area is 152 Å². The molecule has 0 aliphatic rings. The molecule has 0 heterocycles. The van der Waals surface area contributed by atoms with E-state index >= 15 is 0 Å². The number of hydrogen-bond acceptors (Lipinski definition) is 7. The van der Waals surface area contributed by atoms with Crippen LogP contribution in [0.3, 0.4) is 0 Å². The Kier molecular flexibility index (Phi) is 4.67. The average Bonchev–Trinajstić information content (AvgIpc) is 2.61. The summed E-state index contributed by atoms with van der Waals surface area (Å²) in [5.41, 5.74) is 5.65. The number of azo groups is 1. The zero-order chi connectivity index (χ0) is 19.6. The Bertz CT molecular complexity index is 1090. The molecule has 3 aromatic carbocycles. The van der Waals surface area contributed by atoms with Crippen molar-refractivity contribution in [2.24, 2.45) is 16.0 Å². The van der Waals surface area contributed by atoms with E-state index in [1.807, 2.05) is 0 Å². The lowest BCUT2D eigenvalue weighted by molar-refractivity contribution is -0.384. The first kappa shape index (κ1) is 17.8. The minimum Gasteiger partial charge on any atom is -0.506 e. The van der Waals surface area contributed by atoms with E-state index in [-0.39, 0.29) is 29.2 Å². The van der Waals surface area contributed by atoms with Crippen LogP contribution in [0.2, 0.25) is 0 Å². The molecule has 4 N–H and O–H groups in total. The van der Waals surface area contributed by atoms with Crippen LogP contribution in [0.5, 0.6) is 11.5 Å². The summed E-state index contributed by atoms with van der Waals surface area (Å²) in [6, 6.07) is 11.7. The van der Waals surface area contributed by atoms with Gasteiger partial charge in [-0.1, -0.05) is 24.3 Å². The van der Waals surface area contributed by atoms with E-state index in [1.165, 1.54) is 18.2 Å². The highest BCUT2D eigenvalue weighted by molar-refractivity contribution is 5.99. The molecular formula is C18H14N4O5. The maximum absolute atomic E-state index is 11.3. The number of nitro benzene ring substituents is 1. The number of phenolic OH excluding ortho intramolecular Hbond substituents is 2. The fourth-order valence-electron chi connectivity index (χ4n) is 2.67. The molecule has 0 bridgehead atoms. The topological polar surface area (TPSA) is 151 Å². The van der Waals surface area contributed by atoms with Gasteiger partial charge in [0.2, 0.25) is 5.91 Å². The predicted octanol–water partition coefficient (Wildman–Crippen LogP) is 3.60. The summed E-state index contributed by atoms with van der Waals surface area (Å²) in [5.74, 6) is -1.14. The highest BCUT2D eigenvalue weighted by Gasteiger charge is 2.14.